The van der Waals surface area contributed by atoms with Gasteiger partial charge in [-0.1, -0.05) is 19.3 Å². The lowest BCUT2D eigenvalue weighted by Gasteiger charge is -2.24. The van der Waals surface area contributed by atoms with Gasteiger partial charge in [-0.2, -0.15) is 0 Å². The largest absolute Gasteiger partial charge is 0.273 e. The van der Waals surface area contributed by atoms with Crippen LogP contribution in [0, 0.1) is 5.92 Å². The molecule has 4 heteroatoms. The van der Waals surface area contributed by atoms with E-state index in [0.717, 1.165) is 25.7 Å². The topological polar surface area (TPSA) is 49.4 Å². The van der Waals surface area contributed by atoms with Crippen LogP contribution >= 0.6 is 0 Å². The number of carbonyl (C=O) groups excluding carboxylic acids is 2. The van der Waals surface area contributed by atoms with Crippen molar-refractivity contribution in [2.24, 2.45) is 5.92 Å². The summed E-state index contributed by atoms with van der Waals surface area (Å²) in [5.74, 6) is -0.0536. The molecule has 1 aliphatic rings. The molecule has 14 heavy (non-hydrogen) atoms. The summed E-state index contributed by atoms with van der Waals surface area (Å²) in [7, 11) is 1.57. The van der Waals surface area contributed by atoms with Crippen LogP contribution in [0.3, 0.4) is 0 Å². The summed E-state index contributed by atoms with van der Waals surface area (Å²) < 4.78 is 0. The third kappa shape index (κ3) is 3.01. The van der Waals surface area contributed by atoms with Gasteiger partial charge in [-0.15, -0.1) is 0 Å². The minimum Gasteiger partial charge on any atom is -0.273 e. The van der Waals surface area contributed by atoms with Crippen LogP contribution in [0.2, 0.25) is 0 Å². The van der Waals surface area contributed by atoms with Crippen LogP contribution in [0.5, 0.6) is 0 Å². The predicted molar refractivity (Wildman–Crippen MR) is 53.2 cm³/mol. The van der Waals surface area contributed by atoms with Crippen molar-refractivity contribution >= 4 is 11.8 Å². The molecule has 0 heterocycles. The molecule has 1 rings (SSSR count). The normalized spacial score (nSPS) is 17.6. The Labute approximate surface area is 84.6 Å². The third-order valence-corrected chi connectivity index (χ3v) is 2.73. The SMILES string of the molecule is CC(=O)N(C)NC(=O)C1CCCCC1. The van der Waals surface area contributed by atoms with Gasteiger partial charge in [-0.3, -0.25) is 20.0 Å². The maximum absolute atomic E-state index is 11.6. The van der Waals surface area contributed by atoms with Crippen LogP contribution in [0.1, 0.15) is 39.0 Å². The zero-order chi connectivity index (χ0) is 10.6. The van der Waals surface area contributed by atoms with Gasteiger partial charge in [-0.25, -0.2) is 0 Å². The van der Waals surface area contributed by atoms with Crippen LogP contribution in [-0.2, 0) is 9.59 Å². The number of hydrogen-bond donors (Lipinski definition) is 1. The van der Waals surface area contributed by atoms with Gasteiger partial charge in [0, 0.05) is 19.9 Å². The number of hydrazine groups is 1. The fraction of sp³-hybridized carbons (Fsp3) is 0.800. The molecule has 4 nitrogen and oxygen atoms in total. The molecule has 0 saturated heterocycles. The van der Waals surface area contributed by atoms with Gasteiger partial charge >= 0.3 is 0 Å². The van der Waals surface area contributed by atoms with Gasteiger partial charge in [0.15, 0.2) is 0 Å². The zero-order valence-corrected chi connectivity index (χ0v) is 8.88. The smallest absolute Gasteiger partial charge is 0.241 e. The van der Waals surface area contributed by atoms with Gasteiger partial charge in [0.25, 0.3) is 0 Å². The van der Waals surface area contributed by atoms with E-state index in [2.05, 4.69) is 5.43 Å². The van der Waals surface area contributed by atoms with Gasteiger partial charge in [0.1, 0.15) is 0 Å². The van der Waals surface area contributed by atoms with Crippen molar-refractivity contribution in [3.8, 4) is 0 Å². The van der Waals surface area contributed by atoms with Gasteiger partial charge in [-0.05, 0) is 12.8 Å². The zero-order valence-electron chi connectivity index (χ0n) is 8.88. The highest BCUT2D eigenvalue weighted by molar-refractivity contribution is 5.82. The molecule has 0 unspecified atom stereocenters. The molecule has 1 saturated carbocycles. The van der Waals surface area contributed by atoms with E-state index in [9.17, 15) is 9.59 Å². The lowest BCUT2D eigenvalue weighted by molar-refractivity contribution is -0.140. The third-order valence-electron chi connectivity index (χ3n) is 2.73. The van der Waals surface area contributed by atoms with E-state index in [1.165, 1.54) is 18.4 Å². The summed E-state index contributed by atoms with van der Waals surface area (Å²) >= 11 is 0. The fourth-order valence-electron chi connectivity index (χ4n) is 1.70. The predicted octanol–water partition coefficient (Wildman–Crippen LogP) is 1.08. The van der Waals surface area contributed by atoms with E-state index in [-0.39, 0.29) is 17.7 Å². The summed E-state index contributed by atoms with van der Waals surface area (Å²) in [5.41, 5.74) is 2.59. The minimum atomic E-state index is -0.144. The van der Waals surface area contributed by atoms with E-state index >= 15 is 0 Å². The first-order chi connectivity index (χ1) is 6.61. The highest BCUT2D eigenvalue weighted by Crippen LogP contribution is 2.23. The maximum atomic E-state index is 11.6. The number of nitrogens with one attached hydrogen (secondary N) is 1. The van der Waals surface area contributed by atoms with Crippen LogP contribution in [0.25, 0.3) is 0 Å². The molecule has 0 spiro atoms. The first-order valence-corrected chi connectivity index (χ1v) is 5.16. The van der Waals surface area contributed by atoms with Crippen molar-refractivity contribution in [2.75, 3.05) is 7.05 Å². The van der Waals surface area contributed by atoms with Crippen LogP contribution in [-0.4, -0.2) is 23.9 Å². The molecule has 1 N–H and O–H groups in total. The Morgan fingerprint density at radius 3 is 2.29 bits per heavy atom. The number of nitrogens with zero attached hydrogens (tertiary/aromatic N) is 1. The summed E-state index contributed by atoms with van der Waals surface area (Å²) in [6.07, 6.45) is 5.39. The molecular weight excluding hydrogens is 180 g/mol. The lowest BCUT2D eigenvalue weighted by Crippen LogP contribution is -2.45. The van der Waals surface area contributed by atoms with Gasteiger partial charge < -0.3 is 0 Å². The molecule has 0 aromatic heterocycles. The van der Waals surface area contributed by atoms with Gasteiger partial charge in [0.05, 0.1) is 0 Å². The summed E-state index contributed by atoms with van der Waals surface area (Å²) in [4.78, 5) is 22.5. The first-order valence-electron chi connectivity index (χ1n) is 5.16. The standard InChI is InChI=1S/C10H18N2O2/c1-8(13)12(2)11-10(14)9-6-4-3-5-7-9/h9H,3-7H2,1-2H3,(H,11,14). The van der Waals surface area contributed by atoms with Crippen molar-refractivity contribution in [3.63, 3.8) is 0 Å². The van der Waals surface area contributed by atoms with Crippen molar-refractivity contribution in [3.05, 3.63) is 0 Å². The van der Waals surface area contributed by atoms with Crippen molar-refractivity contribution in [1.82, 2.24) is 10.4 Å². The highest BCUT2D eigenvalue weighted by Gasteiger charge is 2.22. The summed E-state index contributed by atoms with van der Waals surface area (Å²) in [6.45, 7) is 1.43. The summed E-state index contributed by atoms with van der Waals surface area (Å²) in [5, 5.41) is 1.25. The number of amides is 2. The Morgan fingerprint density at radius 1 is 1.21 bits per heavy atom. The second-order valence-corrected chi connectivity index (χ2v) is 3.89. The van der Waals surface area contributed by atoms with Gasteiger partial charge in [0.2, 0.25) is 11.8 Å². The number of rotatable bonds is 1. The second kappa shape index (κ2) is 4.98. The molecule has 0 aromatic carbocycles. The molecule has 1 aliphatic carbocycles. The Morgan fingerprint density at radius 2 is 1.79 bits per heavy atom. The average Bonchev–Trinajstić information content (AvgIpc) is 2.19. The molecule has 0 atom stereocenters. The van der Waals surface area contributed by atoms with E-state index in [0.29, 0.717) is 0 Å². The molecule has 2 amide bonds. The quantitative estimate of drug-likeness (QED) is 0.641. The molecule has 0 bridgehead atoms. The van der Waals surface area contributed by atoms with Crippen molar-refractivity contribution in [2.45, 2.75) is 39.0 Å². The molecule has 0 aliphatic heterocycles. The maximum Gasteiger partial charge on any atom is 0.241 e. The summed E-state index contributed by atoms with van der Waals surface area (Å²) in [6, 6.07) is 0. The van der Waals surface area contributed by atoms with Crippen LogP contribution < -0.4 is 5.43 Å². The van der Waals surface area contributed by atoms with Crippen molar-refractivity contribution in [1.29, 1.82) is 0 Å². The second-order valence-electron chi connectivity index (χ2n) is 3.89. The minimum absolute atomic E-state index is 0.0117. The molecular formula is C10H18N2O2. The van der Waals surface area contributed by atoms with E-state index < -0.39 is 0 Å². The Balaban J connectivity index is 2.36. The van der Waals surface area contributed by atoms with E-state index in [1.807, 2.05) is 0 Å². The number of hydrogen-bond acceptors (Lipinski definition) is 2. The van der Waals surface area contributed by atoms with E-state index in [4.69, 9.17) is 0 Å². The monoisotopic (exact) mass is 198 g/mol. The van der Waals surface area contributed by atoms with E-state index in [1.54, 1.807) is 7.05 Å². The molecule has 80 valence electrons. The Bertz CT molecular complexity index is 222. The first kappa shape index (κ1) is 11.0. The van der Waals surface area contributed by atoms with Crippen LogP contribution in [0.4, 0.5) is 0 Å². The Hall–Kier alpha value is -1.06. The molecule has 1 fully saturated rings. The molecule has 0 aromatic rings. The lowest BCUT2D eigenvalue weighted by atomic mass is 9.89. The van der Waals surface area contributed by atoms with Crippen molar-refractivity contribution < 1.29 is 9.59 Å². The number of carbonyl (C=O) groups is 2. The Kier molecular flexibility index (Phi) is 3.92. The van der Waals surface area contributed by atoms with Crippen LogP contribution in [0.15, 0.2) is 0 Å². The fourth-order valence-corrected chi connectivity index (χ4v) is 1.70. The average molecular weight is 198 g/mol. The highest BCUT2D eigenvalue weighted by atomic mass is 16.2. The molecule has 0 radical (unpaired) electrons.